The van der Waals surface area contributed by atoms with Crippen LogP contribution >= 0.6 is 15.9 Å². The van der Waals surface area contributed by atoms with Crippen LogP contribution in [0.25, 0.3) is 0 Å². The van der Waals surface area contributed by atoms with Crippen LogP contribution in [0.1, 0.15) is 17.4 Å². The third kappa shape index (κ3) is 2.94. The molecule has 0 fully saturated rings. The van der Waals surface area contributed by atoms with Gasteiger partial charge in [0.1, 0.15) is 11.6 Å². The smallest absolute Gasteiger partial charge is 0.127 e. The van der Waals surface area contributed by atoms with Crippen molar-refractivity contribution in [2.24, 2.45) is 5.84 Å². The van der Waals surface area contributed by atoms with E-state index in [2.05, 4.69) is 21.4 Å². The average molecular weight is 299 g/mol. The molecule has 2 aromatic rings. The summed E-state index contributed by atoms with van der Waals surface area (Å²) in [5, 5.41) is 0. The molecule has 1 aromatic heterocycles. The fourth-order valence-corrected chi connectivity index (χ4v) is 1.97. The van der Waals surface area contributed by atoms with E-state index in [-0.39, 0.29) is 11.9 Å². The maximum atomic E-state index is 13.7. The molecule has 17 heavy (non-hydrogen) atoms. The second-order valence-electron chi connectivity index (χ2n) is 3.67. The molecule has 1 unspecified atom stereocenters. The van der Waals surface area contributed by atoms with Crippen molar-refractivity contribution in [2.75, 3.05) is 0 Å². The van der Waals surface area contributed by atoms with Gasteiger partial charge in [-0.1, -0.05) is 22.0 Å². The standard InChI is InChI=1S/C12H12BrFN2O/c13-9-4-3-8(10(14)7-9)6-11(16-15)12-2-1-5-17-12/h1-5,7,11,16H,6,15H2. The highest BCUT2D eigenvalue weighted by Crippen LogP contribution is 2.22. The average Bonchev–Trinajstić information content (AvgIpc) is 2.81. The topological polar surface area (TPSA) is 51.2 Å². The molecule has 2 rings (SSSR count). The van der Waals surface area contributed by atoms with Gasteiger partial charge in [-0.15, -0.1) is 0 Å². The van der Waals surface area contributed by atoms with Crippen LogP contribution in [-0.2, 0) is 6.42 Å². The van der Waals surface area contributed by atoms with Crippen molar-refractivity contribution in [1.29, 1.82) is 0 Å². The molecule has 3 nitrogen and oxygen atoms in total. The SMILES string of the molecule is NNC(Cc1ccc(Br)cc1F)c1ccco1. The van der Waals surface area contributed by atoms with Gasteiger partial charge in [-0.05, 0) is 36.2 Å². The van der Waals surface area contributed by atoms with Gasteiger partial charge < -0.3 is 4.42 Å². The number of furan rings is 1. The zero-order valence-corrected chi connectivity index (χ0v) is 10.6. The molecule has 1 atom stereocenters. The first-order valence-corrected chi connectivity index (χ1v) is 5.93. The van der Waals surface area contributed by atoms with Crippen molar-refractivity contribution in [3.8, 4) is 0 Å². The summed E-state index contributed by atoms with van der Waals surface area (Å²) >= 11 is 3.22. The predicted molar refractivity (Wildman–Crippen MR) is 66.6 cm³/mol. The minimum atomic E-state index is -0.258. The third-order valence-corrected chi connectivity index (χ3v) is 3.02. The molecule has 0 saturated carbocycles. The van der Waals surface area contributed by atoms with Crippen molar-refractivity contribution in [3.05, 3.63) is 58.2 Å². The summed E-state index contributed by atoms with van der Waals surface area (Å²) in [5.74, 6) is 5.88. The fourth-order valence-electron chi connectivity index (χ4n) is 1.64. The van der Waals surface area contributed by atoms with Crippen LogP contribution in [0.4, 0.5) is 4.39 Å². The van der Waals surface area contributed by atoms with E-state index in [1.165, 1.54) is 6.07 Å². The molecule has 90 valence electrons. The normalized spacial score (nSPS) is 12.6. The van der Waals surface area contributed by atoms with E-state index in [9.17, 15) is 4.39 Å². The van der Waals surface area contributed by atoms with Gasteiger partial charge in [-0.2, -0.15) is 0 Å². The molecule has 5 heteroatoms. The highest BCUT2D eigenvalue weighted by Gasteiger charge is 2.15. The van der Waals surface area contributed by atoms with Crippen LogP contribution in [-0.4, -0.2) is 0 Å². The molecule has 0 bridgehead atoms. The molecule has 1 aromatic carbocycles. The largest absolute Gasteiger partial charge is 0.468 e. The Morgan fingerprint density at radius 3 is 2.82 bits per heavy atom. The van der Waals surface area contributed by atoms with Gasteiger partial charge in [0.05, 0.1) is 12.3 Å². The second-order valence-corrected chi connectivity index (χ2v) is 4.59. The minimum Gasteiger partial charge on any atom is -0.468 e. The summed E-state index contributed by atoms with van der Waals surface area (Å²) in [4.78, 5) is 0. The van der Waals surface area contributed by atoms with Crippen LogP contribution in [0, 0.1) is 5.82 Å². The fraction of sp³-hybridized carbons (Fsp3) is 0.167. The van der Waals surface area contributed by atoms with Gasteiger partial charge in [0, 0.05) is 4.47 Å². The number of halogens is 2. The molecule has 0 saturated heterocycles. The summed E-state index contributed by atoms with van der Waals surface area (Å²) in [7, 11) is 0. The minimum absolute atomic E-state index is 0.235. The highest BCUT2D eigenvalue weighted by molar-refractivity contribution is 9.10. The number of benzene rings is 1. The molecule has 0 radical (unpaired) electrons. The lowest BCUT2D eigenvalue weighted by Crippen LogP contribution is -2.29. The zero-order chi connectivity index (χ0) is 12.3. The van der Waals surface area contributed by atoms with E-state index < -0.39 is 0 Å². The Labute approximate surface area is 107 Å². The van der Waals surface area contributed by atoms with Gasteiger partial charge in [0.2, 0.25) is 0 Å². The van der Waals surface area contributed by atoms with Crippen molar-refractivity contribution in [1.82, 2.24) is 5.43 Å². The van der Waals surface area contributed by atoms with Gasteiger partial charge in [0.15, 0.2) is 0 Å². The predicted octanol–water partition coefficient (Wildman–Crippen LogP) is 2.93. The number of nitrogens with two attached hydrogens (primary N) is 1. The number of hydrazine groups is 1. The van der Waals surface area contributed by atoms with Crippen LogP contribution in [0.5, 0.6) is 0 Å². The molecule has 1 heterocycles. The van der Waals surface area contributed by atoms with Gasteiger partial charge in [-0.25, -0.2) is 9.82 Å². The van der Waals surface area contributed by atoms with E-state index >= 15 is 0 Å². The molecule has 0 amide bonds. The van der Waals surface area contributed by atoms with Crippen molar-refractivity contribution in [3.63, 3.8) is 0 Å². The van der Waals surface area contributed by atoms with Crippen molar-refractivity contribution < 1.29 is 8.81 Å². The van der Waals surface area contributed by atoms with Crippen LogP contribution in [0.15, 0.2) is 45.5 Å². The molecule has 0 spiro atoms. The maximum absolute atomic E-state index is 13.7. The maximum Gasteiger partial charge on any atom is 0.127 e. The number of hydrogen-bond donors (Lipinski definition) is 2. The summed E-state index contributed by atoms with van der Waals surface area (Å²) in [5.41, 5.74) is 3.21. The molecular weight excluding hydrogens is 287 g/mol. The van der Waals surface area contributed by atoms with Gasteiger partial charge in [0.25, 0.3) is 0 Å². The zero-order valence-electron chi connectivity index (χ0n) is 8.99. The summed E-state index contributed by atoms with van der Waals surface area (Å²) in [6, 6.07) is 8.31. The van der Waals surface area contributed by atoms with Gasteiger partial charge >= 0.3 is 0 Å². The Bertz CT molecular complexity index is 487. The summed E-state index contributed by atoms with van der Waals surface area (Å²) in [6.45, 7) is 0. The lowest BCUT2D eigenvalue weighted by atomic mass is 10.0. The summed E-state index contributed by atoms with van der Waals surface area (Å²) in [6.07, 6.45) is 2.00. The van der Waals surface area contributed by atoms with E-state index in [1.807, 2.05) is 0 Å². The Morgan fingerprint density at radius 1 is 1.41 bits per heavy atom. The first-order valence-electron chi connectivity index (χ1n) is 5.14. The lowest BCUT2D eigenvalue weighted by Gasteiger charge is -2.13. The Kier molecular flexibility index (Phi) is 3.93. The van der Waals surface area contributed by atoms with Crippen LogP contribution in [0.2, 0.25) is 0 Å². The molecule has 0 aliphatic rings. The van der Waals surface area contributed by atoms with Gasteiger partial charge in [-0.3, -0.25) is 5.84 Å². The quantitative estimate of drug-likeness (QED) is 0.674. The highest BCUT2D eigenvalue weighted by atomic mass is 79.9. The third-order valence-electron chi connectivity index (χ3n) is 2.53. The first-order chi connectivity index (χ1) is 8.20. The van der Waals surface area contributed by atoms with E-state index in [1.54, 1.807) is 30.5 Å². The van der Waals surface area contributed by atoms with Crippen molar-refractivity contribution >= 4 is 15.9 Å². The Hall–Kier alpha value is -1.17. The molecule has 3 N–H and O–H groups in total. The lowest BCUT2D eigenvalue weighted by molar-refractivity contribution is 0.412. The van der Waals surface area contributed by atoms with E-state index in [0.29, 0.717) is 22.2 Å². The number of hydrogen-bond acceptors (Lipinski definition) is 3. The van der Waals surface area contributed by atoms with Crippen LogP contribution in [0.3, 0.4) is 0 Å². The van der Waals surface area contributed by atoms with E-state index in [4.69, 9.17) is 10.3 Å². The Morgan fingerprint density at radius 2 is 2.24 bits per heavy atom. The monoisotopic (exact) mass is 298 g/mol. The van der Waals surface area contributed by atoms with Crippen molar-refractivity contribution in [2.45, 2.75) is 12.5 Å². The van der Waals surface area contributed by atoms with E-state index in [0.717, 1.165) is 0 Å². The number of nitrogens with one attached hydrogen (secondary N) is 1. The van der Waals surface area contributed by atoms with Crippen LogP contribution < -0.4 is 11.3 Å². The molecule has 0 aliphatic carbocycles. The molecule has 0 aliphatic heterocycles. The second kappa shape index (κ2) is 5.44. The Balaban J connectivity index is 2.19. The number of rotatable bonds is 4. The first kappa shape index (κ1) is 12.3. The summed E-state index contributed by atoms with van der Waals surface area (Å²) < 4.78 is 19.6. The molecular formula is C12H12BrFN2O.